The third-order valence-electron chi connectivity index (χ3n) is 5.65. The SMILES string of the molecule is Cc1ccc2[nH]c3c(c2c1)-c1ccccc1C3CN([Si](C)C)C(C)(C)C. The van der Waals surface area contributed by atoms with Crippen LogP contribution in [0.1, 0.15) is 43.5 Å². The van der Waals surface area contributed by atoms with Crippen LogP contribution in [-0.2, 0) is 0 Å². The predicted molar refractivity (Wildman–Crippen MR) is 114 cm³/mol. The Morgan fingerprint density at radius 1 is 1.08 bits per heavy atom. The molecule has 0 fully saturated rings. The van der Waals surface area contributed by atoms with Crippen LogP contribution in [0.5, 0.6) is 0 Å². The van der Waals surface area contributed by atoms with Crippen molar-refractivity contribution in [2.24, 2.45) is 0 Å². The smallest absolute Gasteiger partial charge is 0.130 e. The zero-order valence-corrected chi connectivity index (χ0v) is 17.8. The number of nitrogens with one attached hydrogen (secondary N) is 1. The van der Waals surface area contributed by atoms with Gasteiger partial charge in [-0.15, -0.1) is 0 Å². The lowest BCUT2D eigenvalue weighted by molar-refractivity contribution is 0.242. The van der Waals surface area contributed by atoms with E-state index in [-0.39, 0.29) is 5.54 Å². The van der Waals surface area contributed by atoms with Crippen molar-refractivity contribution in [1.29, 1.82) is 0 Å². The third kappa shape index (κ3) is 2.74. The van der Waals surface area contributed by atoms with Gasteiger partial charge in [-0.05, 0) is 51.0 Å². The molecule has 3 aromatic rings. The van der Waals surface area contributed by atoms with Gasteiger partial charge in [-0.3, -0.25) is 0 Å². The number of aromatic nitrogens is 1. The lowest BCUT2D eigenvalue weighted by atomic mass is 9.98. The van der Waals surface area contributed by atoms with Gasteiger partial charge in [-0.25, -0.2) is 0 Å². The molecule has 1 radical (unpaired) electrons. The summed E-state index contributed by atoms with van der Waals surface area (Å²) in [5.74, 6) is 0.424. The fraction of sp³-hybridized carbons (Fsp3) is 0.391. The van der Waals surface area contributed by atoms with Crippen molar-refractivity contribution in [2.75, 3.05) is 6.54 Å². The highest BCUT2D eigenvalue weighted by molar-refractivity contribution is 6.52. The van der Waals surface area contributed by atoms with Crippen LogP contribution in [0.3, 0.4) is 0 Å². The second-order valence-corrected chi connectivity index (χ2v) is 11.3. The highest BCUT2D eigenvalue weighted by Crippen LogP contribution is 2.48. The molecule has 1 aromatic heterocycles. The maximum atomic E-state index is 3.78. The first-order valence-corrected chi connectivity index (χ1v) is 12.0. The molecule has 1 unspecified atom stereocenters. The average molecular weight is 362 g/mol. The highest BCUT2D eigenvalue weighted by atomic mass is 28.3. The van der Waals surface area contributed by atoms with E-state index in [0.29, 0.717) is 5.92 Å². The molecule has 1 aliphatic rings. The van der Waals surface area contributed by atoms with Crippen molar-refractivity contribution in [3.05, 3.63) is 59.3 Å². The van der Waals surface area contributed by atoms with E-state index < -0.39 is 8.96 Å². The quantitative estimate of drug-likeness (QED) is 0.572. The van der Waals surface area contributed by atoms with Crippen molar-refractivity contribution in [3.8, 4) is 11.1 Å². The van der Waals surface area contributed by atoms with Crippen LogP contribution in [0.15, 0.2) is 42.5 Å². The lowest BCUT2D eigenvalue weighted by Gasteiger charge is -2.40. The second-order valence-electron chi connectivity index (χ2n) is 8.83. The van der Waals surface area contributed by atoms with Gasteiger partial charge in [0.1, 0.15) is 8.96 Å². The summed E-state index contributed by atoms with van der Waals surface area (Å²) >= 11 is 0. The number of fused-ring (bicyclic) bond motifs is 5. The fourth-order valence-corrected chi connectivity index (χ4v) is 6.45. The Kier molecular flexibility index (Phi) is 4.12. The van der Waals surface area contributed by atoms with Crippen molar-refractivity contribution < 1.29 is 0 Å². The summed E-state index contributed by atoms with van der Waals surface area (Å²) in [5, 5.41) is 1.37. The van der Waals surface area contributed by atoms with Crippen LogP contribution >= 0.6 is 0 Å². The van der Waals surface area contributed by atoms with E-state index in [1.807, 2.05) is 0 Å². The maximum Gasteiger partial charge on any atom is 0.130 e. The van der Waals surface area contributed by atoms with E-state index >= 15 is 0 Å². The summed E-state index contributed by atoms with van der Waals surface area (Å²) in [4.78, 5) is 3.78. The maximum absolute atomic E-state index is 3.78. The van der Waals surface area contributed by atoms with E-state index in [0.717, 1.165) is 6.54 Å². The summed E-state index contributed by atoms with van der Waals surface area (Å²) in [5.41, 5.74) is 8.51. The van der Waals surface area contributed by atoms with Crippen molar-refractivity contribution in [2.45, 2.75) is 52.2 Å². The molecular weight excluding hydrogens is 332 g/mol. The Balaban J connectivity index is 1.89. The fourth-order valence-electron chi connectivity index (χ4n) is 4.56. The van der Waals surface area contributed by atoms with Gasteiger partial charge in [-0.1, -0.05) is 49.0 Å². The van der Waals surface area contributed by atoms with Crippen molar-refractivity contribution in [3.63, 3.8) is 0 Å². The molecule has 3 heteroatoms. The third-order valence-corrected chi connectivity index (χ3v) is 7.58. The molecule has 2 aromatic carbocycles. The molecule has 0 amide bonds. The molecule has 135 valence electrons. The number of aryl methyl sites for hydroxylation is 1. The van der Waals surface area contributed by atoms with Crippen LogP contribution in [0.25, 0.3) is 22.0 Å². The number of H-pyrrole nitrogens is 1. The van der Waals surface area contributed by atoms with Gasteiger partial charge in [-0.2, -0.15) is 0 Å². The average Bonchev–Trinajstić information content (AvgIpc) is 3.06. The van der Waals surface area contributed by atoms with Gasteiger partial charge in [0.25, 0.3) is 0 Å². The van der Waals surface area contributed by atoms with Gasteiger partial charge in [0.15, 0.2) is 0 Å². The van der Waals surface area contributed by atoms with Crippen molar-refractivity contribution in [1.82, 2.24) is 9.55 Å². The Hall–Kier alpha value is -1.84. The number of benzene rings is 2. The molecule has 0 bridgehead atoms. The largest absolute Gasteiger partial charge is 0.357 e. The van der Waals surface area contributed by atoms with Crippen LogP contribution in [-0.4, -0.2) is 30.6 Å². The summed E-state index contributed by atoms with van der Waals surface area (Å²) in [6, 6.07) is 15.8. The number of nitrogens with zero attached hydrogens (tertiary/aromatic N) is 1. The van der Waals surface area contributed by atoms with Crippen LogP contribution in [0.4, 0.5) is 0 Å². The minimum Gasteiger partial charge on any atom is -0.357 e. The standard InChI is InChI=1S/C23H29N2Si/c1-15-11-12-20-18(13-15)21-17-10-8-7-9-16(17)19(22(21)24-20)14-25(26(5)6)23(2,3)4/h7-13,19,24H,14H2,1-6H3. The van der Waals surface area contributed by atoms with Gasteiger partial charge in [0, 0.05) is 40.2 Å². The molecule has 0 spiro atoms. The summed E-state index contributed by atoms with van der Waals surface area (Å²) in [7, 11) is -0.538. The van der Waals surface area contributed by atoms with E-state index in [4.69, 9.17) is 0 Å². The topological polar surface area (TPSA) is 19.0 Å². The lowest BCUT2D eigenvalue weighted by Crippen LogP contribution is -2.50. The molecule has 1 heterocycles. The van der Waals surface area contributed by atoms with Gasteiger partial charge >= 0.3 is 0 Å². The molecule has 0 saturated carbocycles. The zero-order chi connectivity index (χ0) is 18.6. The Bertz CT molecular complexity index is 962. The van der Waals surface area contributed by atoms with Gasteiger partial charge < -0.3 is 9.55 Å². The van der Waals surface area contributed by atoms with E-state index in [2.05, 4.69) is 92.8 Å². The molecule has 0 aliphatic heterocycles. The highest BCUT2D eigenvalue weighted by Gasteiger charge is 2.36. The normalized spacial score (nSPS) is 16.5. The predicted octanol–water partition coefficient (Wildman–Crippen LogP) is 5.94. The summed E-state index contributed by atoms with van der Waals surface area (Å²) in [6.07, 6.45) is 0. The van der Waals surface area contributed by atoms with E-state index in [1.54, 1.807) is 0 Å². The van der Waals surface area contributed by atoms with Gasteiger partial charge in [0.05, 0.1) is 0 Å². The molecule has 2 nitrogen and oxygen atoms in total. The summed E-state index contributed by atoms with van der Waals surface area (Å²) in [6.45, 7) is 15.1. The van der Waals surface area contributed by atoms with Crippen LogP contribution < -0.4 is 0 Å². The zero-order valence-electron chi connectivity index (χ0n) is 16.8. The molecule has 26 heavy (non-hydrogen) atoms. The Labute approximate surface area is 158 Å². The molecule has 0 saturated heterocycles. The van der Waals surface area contributed by atoms with Crippen LogP contribution in [0, 0.1) is 6.92 Å². The van der Waals surface area contributed by atoms with Crippen molar-refractivity contribution >= 4 is 19.9 Å². The first-order chi connectivity index (χ1) is 12.3. The first-order valence-electron chi connectivity index (χ1n) is 9.56. The number of rotatable bonds is 3. The minimum absolute atomic E-state index is 0.193. The molecule has 1 atom stereocenters. The number of hydrogen-bond acceptors (Lipinski definition) is 1. The monoisotopic (exact) mass is 361 g/mol. The number of hydrogen-bond donors (Lipinski definition) is 1. The molecule has 1 N–H and O–H groups in total. The number of aromatic amines is 1. The van der Waals surface area contributed by atoms with E-state index in [1.165, 1.54) is 38.9 Å². The first kappa shape index (κ1) is 17.6. The summed E-state index contributed by atoms with van der Waals surface area (Å²) < 4.78 is 2.73. The van der Waals surface area contributed by atoms with Crippen LogP contribution in [0.2, 0.25) is 13.1 Å². The Morgan fingerprint density at radius 2 is 1.81 bits per heavy atom. The van der Waals surface area contributed by atoms with Gasteiger partial charge in [0.2, 0.25) is 0 Å². The molecule has 4 rings (SSSR count). The Morgan fingerprint density at radius 3 is 2.50 bits per heavy atom. The minimum atomic E-state index is -0.538. The molecular formula is C23H29N2Si. The molecule has 1 aliphatic carbocycles. The van der Waals surface area contributed by atoms with E-state index in [9.17, 15) is 0 Å². The second kappa shape index (κ2) is 6.10.